The highest BCUT2D eigenvalue weighted by atomic mass is 19.1. The minimum Gasteiger partial charge on any atom is -0.366 e. The summed E-state index contributed by atoms with van der Waals surface area (Å²) < 4.78 is 13.0. The van der Waals surface area contributed by atoms with Crippen LogP contribution < -0.4 is 10.2 Å². The van der Waals surface area contributed by atoms with Crippen molar-refractivity contribution >= 4 is 11.8 Å². The molecule has 1 N–H and O–H groups in total. The standard InChI is InChI=1S/C18H23FN4/c1-13-14(2)21-18(23-10-4-3-5-11-23)22-17(13)20-12-15-6-8-16(19)9-7-15/h6-9H,3-5,10-12H2,1-2H3,(H,20,21,22). The fraction of sp³-hybridized carbons (Fsp3) is 0.444. The molecule has 1 aromatic heterocycles. The Morgan fingerprint density at radius 1 is 1.04 bits per heavy atom. The molecule has 1 aromatic carbocycles. The fourth-order valence-electron chi connectivity index (χ4n) is 2.81. The second-order valence-corrected chi connectivity index (χ2v) is 6.11. The molecule has 122 valence electrons. The van der Waals surface area contributed by atoms with Crippen LogP contribution in [0.5, 0.6) is 0 Å². The average molecular weight is 314 g/mol. The van der Waals surface area contributed by atoms with Crippen LogP contribution in [0.1, 0.15) is 36.1 Å². The van der Waals surface area contributed by atoms with Gasteiger partial charge in [0.15, 0.2) is 0 Å². The van der Waals surface area contributed by atoms with Gasteiger partial charge in [-0.1, -0.05) is 12.1 Å². The summed E-state index contributed by atoms with van der Waals surface area (Å²) >= 11 is 0. The Kier molecular flexibility index (Phi) is 4.74. The second-order valence-electron chi connectivity index (χ2n) is 6.11. The van der Waals surface area contributed by atoms with E-state index in [-0.39, 0.29) is 5.82 Å². The molecule has 0 atom stereocenters. The highest BCUT2D eigenvalue weighted by Crippen LogP contribution is 2.22. The number of rotatable bonds is 4. The third-order valence-corrected chi connectivity index (χ3v) is 4.39. The van der Waals surface area contributed by atoms with Crippen molar-refractivity contribution in [2.24, 2.45) is 0 Å². The van der Waals surface area contributed by atoms with Gasteiger partial charge in [-0.3, -0.25) is 0 Å². The molecule has 1 aliphatic rings. The first-order valence-corrected chi connectivity index (χ1v) is 8.22. The van der Waals surface area contributed by atoms with E-state index in [1.54, 1.807) is 12.1 Å². The quantitative estimate of drug-likeness (QED) is 0.931. The minimum absolute atomic E-state index is 0.213. The van der Waals surface area contributed by atoms with Gasteiger partial charge in [-0.05, 0) is 50.8 Å². The number of aromatic nitrogens is 2. The monoisotopic (exact) mass is 314 g/mol. The Bertz CT molecular complexity index is 663. The molecular weight excluding hydrogens is 291 g/mol. The van der Waals surface area contributed by atoms with Gasteiger partial charge in [-0.25, -0.2) is 9.37 Å². The summed E-state index contributed by atoms with van der Waals surface area (Å²) in [5.74, 6) is 1.46. The molecule has 1 fully saturated rings. The van der Waals surface area contributed by atoms with Gasteiger partial charge >= 0.3 is 0 Å². The number of aryl methyl sites for hydroxylation is 1. The van der Waals surface area contributed by atoms with Gasteiger partial charge < -0.3 is 10.2 Å². The largest absolute Gasteiger partial charge is 0.366 e. The molecule has 2 aromatic rings. The predicted molar refractivity (Wildman–Crippen MR) is 91.3 cm³/mol. The van der Waals surface area contributed by atoms with Crippen molar-refractivity contribution in [3.8, 4) is 0 Å². The van der Waals surface area contributed by atoms with E-state index in [2.05, 4.69) is 15.2 Å². The maximum Gasteiger partial charge on any atom is 0.227 e. The van der Waals surface area contributed by atoms with Gasteiger partial charge in [0.2, 0.25) is 5.95 Å². The van der Waals surface area contributed by atoms with E-state index in [9.17, 15) is 4.39 Å². The molecular formula is C18H23FN4. The lowest BCUT2D eigenvalue weighted by atomic mass is 10.1. The SMILES string of the molecule is Cc1nc(N2CCCCC2)nc(NCc2ccc(F)cc2)c1C. The number of nitrogens with one attached hydrogen (secondary N) is 1. The van der Waals surface area contributed by atoms with E-state index in [1.165, 1.54) is 31.4 Å². The number of piperidine rings is 1. The van der Waals surface area contributed by atoms with Crippen LogP contribution in [0.3, 0.4) is 0 Å². The molecule has 0 radical (unpaired) electrons. The predicted octanol–water partition coefficient (Wildman–Crippen LogP) is 3.83. The number of hydrogen-bond acceptors (Lipinski definition) is 4. The molecule has 3 rings (SSSR count). The van der Waals surface area contributed by atoms with Crippen molar-refractivity contribution < 1.29 is 4.39 Å². The first-order valence-electron chi connectivity index (χ1n) is 8.22. The Balaban J connectivity index is 1.77. The van der Waals surface area contributed by atoms with E-state index in [1.807, 2.05) is 13.8 Å². The number of benzene rings is 1. The first-order chi connectivity index (χ1) is 11.1. The van der Waals surface area contributed by atoms with Gasteiger partial charge in [0.1, 0.15) is 11.6 Å². The molecule has 0 saturated carbocycles. The topological polar surface area (TPSA) is 41.1 Å². The van der Waals surface area contributed by atoms with Crippen LogP contribution in [-0.4, -0.2) is 23.1 Å². The summed E-state index contributed by atoms with van der Waals surface area (Å²) in [6, 6.07) is 6.54. The summed E-state index contributed by atoms with van der Waals surface area (Å²) in [5.41, 5.74) is 3.09. The number of hydrogen-bond donors (Lipinski definition) is 1. The van der Waals surface area contributed by atoms with Crippen molar-refractivity contribution in [2.75, 3.05) is 23.3 Å². The molecule has 2 heterocycles. The zero-order valence-corrected chi connectivity index (χ0v) is 13.8. The van der Waals surface area contributed by atoms with Crippen LogP contribution in [0.25, 0.3) is 0 Å². The lowest BCUT2D eigenvalue weighted by Gasteiger charge is -2.27. The molecule has 0 amide bonds. The van der Waals surface area contributed by atoms with Gasteiger partial charge in [-0.2, -0.15) is 4.98 Å². The van der Waals surface area contributed by atoms with Crippen LogP contribution in [-0.2, 0) is 6.54 Å². The Labute approximate surface area is 136 Å². The van der Waals surface area contributed by atoms with Crippen molar-refractivity contribution in [2.45, 2.75) is 39.7 Å². The van der Waals surface area contributed by atoms with Crippen molar-refractivity contribution in [1.29, 1.82) is 0 Å². The number of halogens is 1. The van der Waals surface area contributed by atoms with Crippen LogP contribution in [0.4, 0.5) is 16.2 Å². The molecule has 5 heteroatoms. The Morgan fingerprint density at radius 3 is 2.43 bits per heavy atom. The summed E-state index contributed by atoms with van der Waals surface area (Å²) in [6.45, 7) is 6.73. The number of nitrogens with zero attached hydrogens (tertiary/aromatic N) is 3. The third kappa shape index (κ3) is 3.78. The molecule has 0 spiro atoms. The second kappa shape index (κ2) is 6.94. The lowest BCUT2D eigenvalue weighted by Crippen LogP contribution is -2.31. The van der Waals surface area contributed by atoms with Gasteiger partial charge in [-0.15, -0.1) is 0 Å². The van der Waals surface area contributed by atoms with E-state index in [0.29, 0.717) is 6.54 Å². The fourth-order valence-corrected chi connectivity index (χ4v) is 2.81. The smallest absolute Gasteiger partial charge is 0.227 e. The zero-order chi connectivity index (χ0) is 16.2. The lowest BCUT2D eigenvalue weighted by molar-refractivity contribution is 0.567. The normalized spacial score (nSPS) is 14.8. The van der Waals surface area contributed by atoms with Crippen LogP contribution in [0.2, 0.25) is 0 Å². The molecule has 4 nitrogen and oxygen atoms in total. The Morgan fingerprint density at radius 2 is 1.74 bits per heavy atom. The molecule has 0 aliphatic carbocycles. The summed E-state index contributed by atoms with van der Waals surface area (Å²) in [5, 5.41) is 3.37. The summed E-state index contributed by atoms with van der Waals surface area (Å²) in [4.78, 5) is 11.6. The molecule has 1 saturated heterocycles. The third-order valence-electron chi connectivity index (χ3n) is 4.39. The number of anilines is 2. The van der Waals surface area contributed by atoms with E-state index in [4.69, 9.17) is 4.98 Å². The molecule has 0 bridgehead atoms. The average Bonchev–Trinajstić information content (AvgIpc) is 2.58. The first kappa shape index (κ1) is 15.7. The van der Waals surface area contributed by atoms with Gasteiger partial charge in [0.05, 0.1) is 0 Å². The Hall–Kier alpha value is -2.17. The molecule has 0 unspecified atom stereocenters. The van der Waals surface area contributed by atoms with Gasteiger partial charge in [0, 0.05) is 30.9 Å². The van der Waals surface area contributed by atoms with E-state index < -0.39 is 0 Å². The maximum atomic E-state index is 13.0. The van der Waals surface area contributed by atoms with E-state index >= 15 is 0 Å². The summed E-state index contributed by atoms with van der Waals surface area (Å²) in [7, 11) is 0. The molecule has 23 heavy (non-hydrogen) atoms. The van der Waals surface area contributed by atoms with Crippen LogP contribution in [0.15, 0.2) is 24.3 Å². The highest BCUT2D eigenvalue weighted by molar-refractivity contribution is 5.51. The molecule has 1 aliphatic heterocycles. The minimum atomic E-state index is -0.213. The van der Waals surface area contributed by atoms with Crippen LogP contribution in [0, 0.1) is 19.7 Å². The summed E-state index contributed by atoms with van der Waals surface area (Å²) in [6.07, 6.45) is 3.69. The van der Waals surface area contributed by atoms with E-state index in [0.717, 1.165) is 41.7 Å². The zero-order valence-electron chi connectivity index (χ0n) is 13.8. The van der Waals surface area contributed by atoms with Crippen molar-refractivity contribution in [3.63, 3.8) is 0 Å². The maximum absolute atomic E-state index is 13.0. The van der Waals surface area contributed by atoms with Crippen LogP contribution >= 0.6 is 0 Å². The highest BCUT2D eigenvalue weighted by Gasteiger charge is 2.16. The van der Waals surface area contributed by atoms with Gasteiger partial charge in [0.25, 0.3) is 0 Å². The van der Waals surface area contributed by atoms with Crippen molar-refractivity contribution in [3.05, 3.63) is 46.9 Å². The van der Waals surface area contributed by atoms with Crippen molar-refractivity contribution in [1.82, 2.24) is 9.97 Å².